The highest BCUT2D eigenvalue weighted by atomic mass is 32.2. The van der Waals surface area contributed by atoms with Gasteiger partial charge in [0.2, 0.25) is 0 Å². The molecule has 0 bridgehead atoms. The Balaban J connectivity index is 1.86. The fourth-order valence-electron chi connectivity index (χ4n) is 2.54. The minimum atomic E-state index is -3.98. The van der Waals surface area contributed by atoms with Gasteiger partial charge in [0.1, 0.15) is 22.6 Å². The number of carbonyl (C=O) groups excluding carboxylic acids is 1. The smallest absolute Gasteiger partial charge is 0.251 e. The third-order valence-electron chi connectivity index (χ3n) is 3.91. The average molecular weight is 391 g/mol. The summed E-state index contributed by atoms with van der Waals surface area (Å²) in [6.45, 7) is -0.303. The highest BCUT2D eigenvalue weighted by molar-refractivity contribution is 7.91. The van der Waals surface area contributed by atoms with Crippen molar-refractivity contribution in [2.24, 2.45) is 0 Å². The summed E-state index contributed by atoms with van der Waals surface area (Å²) >= 11 is 0. The van der Waals surface area contributed by atoms with Crippen LogP contribution in [0.2, 0.25) is 0 Å². The summed E-state index contributed by atoms with van der Waals surface area (Å²) in [6, 6.07) is 12.4. The number of amides is 1. The first-order valence-corrected chi connectivity index (χ1v) is 9.49. The molecule has 2 aromatic carbocycles. The standard InChI is InChI=1S/C19H15F2NO4S/c20-14-6-8-16(9-7-14)27(24,25)18(17-5-2-10-26-17)12-22-19(23)13-3-1-4-15(21)11-13/h1-11,18H,12H2,(H,22,23)/t18-/m1/s1. The van der Waals surface area contributed by atoms with Crippen molar-refractivity contribution in [2.75, 3.05) is 6.54 Å². The Morgan fingerprint density at radius 1 is 1.00 bits per heavy atom. The van der Waals surface area contributed by atoms with Gasteiger partial charge in [-0.05, 0) is 54.6 Å². The third kappa shape index (κ3) is 4.22. The summed E-state index contributed by atoms with van der Waals surface area (Å²) in [5.41, 5.74) is 0.0624. The van der Waals surface area contributed by atoms with Gasteiger partial charge in [0.15, 0.2) is 9.84 Å². The largest absolute Gasteiger partial charge is 0.468 e. The number of benzene rings is 2. The molecule has 3 aromatic rings. The lowest BCUT2D eigenvalue weighted by Crippen LogP contribution is -2.31. The minimum absolute atomic E-state index is 0.0624. The van der Waals surface area contributed by atoms with Gasteiger partial charge in [-0.25, -0.2) is 17.2 Å². The van der Waals surface area contributed by atoms with Gasteiger partial charge >= 0.3 is 0 Å². The maximum atomic E-state index is 13.3. The monoisotopic (exact) mass is 391 g/mol. The Morgan fingerprint density at radius 3 is 2.37 bits per heavy atom. The van der Waals surface area contributed by atoms with Gasteiger partial charge in [-0.3, -0.25) is 4.79 Å². The van der Waals surface area contributed by atoms with Crippen LogP contribution in [0.4, 0.5) is 8.78 Å². The van der Waals surface area contributed by atoms with Crippen LogP contribution in [0, 0.1) is 11.6 Å². The second-order valence-corrected chi connectivity index (χ2v) is 7.85. The molecule has 1 amide bonds. The molecule has 1 heterocycles. The van der Waals surface area contributed by atoms with E-state index in [4.69, 9.17) is 4.42 Å². The second-order valence-electron chi connectivity index (χ2n) is 5.72. The summed E-state index contributed by atoms with van der Waals surface area (Å²) in [5.74, 6) is -1.65. The van der Waals surface area contributed by atoms with Crippen molar-refractivity contribution in [2.45, 2.75) is 10.1 Å². The van der Waals surface area contributed by atoms with Crippen molar-refractivity contribution in [3.8, 4) is 0 Å². The first-order chi connectivity index (χ1) is 12.9. The second kappa shape index (κ2) is 7.71. The summed E-state index contributed by atoms with van der Waals surface area (Å²) in [5, 5.41) is 1.26. The van der Waals surface area contributed by atoms with Gasteiger partial charge in [-0.1, -0.05) is 6.07 Å². The topological polar surface area (TPSA) is 76.4 Å². The number of sulfone groups is 1. The average Bonchev–Trinajstić information content (AvgIpc) is 3.16. The van der Waals surface area contributed by atoms with Gasteiger partial charge in [0.05, 0.1) is 11.2 Å². The number of hydrogen-bond acceptors (Lipinski definition) is 4. The van der Waals surface area contributed by atoms with Crippen LogP contribution in [-0.4, -0.2) is 20.9 Å². The summed E-state index contributed by atoms with van der Waals surface area (Å²) < 4.78 is 57.5. The predicted molar refractivity (Wildman–Crippen MR) is 93.8 cm³/mol. The molecule has 1 aromatic heterocycles. The molecule has 3 rings (SSSR count). The number of hydrogen-bond donors (Lipinski definition) is 1. The number of rotatable bonds is 6. The maximum Gasteiger partial charge on any atom is 0.251 e. The predicted octanol–water partition coefficient (Wildman–Crippen LogP) is 3.50. The Morgan fingerprint density at radius 2 is 1.74 bits per heavy atom. The zero-order valence-electron chi connectivity index (χ0n) is 13.9. The fourth-order valence-corrected chi connectivity index (χ4v) is 4.13. The van der Waals surface area contributed by atoms with Gasteiger partial charge in [-0.2, -0.15) is 0 Å². The number of carbonyl (C=O) groups is 1. The first kappa shape index (κ1) is 18.8. The quantitative estimate of drug-likeness (QED) is 0.653. The number of halogens is 2. The molecule has 0 saturated carbocycles. The zero-order valence-corrected chi connectivity index (χ0v) is 14.7. The molecule has 0 fully saturated rings. The van der Waals surface area contributed by atoms with E-state index in [2.05, 4.69) is 5.32 Å². The molecule has 1 N–H and O–H groups in total. The van der Waals surface area contributed by atoms with E-state index in [1.807, 2.05) is 0 Å². The highest BCUT2D eigenvalue weighted by Crippen LogP contribution is 2.29. The van der Waals surface area contributed by atoms with Crippen LogP contribution in [-0.2, 0) is 9.84 Å². The van der Waals surface area contributed by atoms with Crippen molar-refractivity contribution in [3.05, 3.63) is 89.9 Å². The molecule has 0 unspecified atom stereocenters. The lowest BCUT2D eigenvalue weighted by atomic mass is 10.2. The molecule has 140 valence electrons. The van der Waals surface area contributed by atoms with Crippen molar-refractivity contribution in [3.63, 3.8) is 0 Å². The van der Waals surface area contributed by atoms with E-state index in [0.717, 1.165) is 30.3 Å². The Bertz CT molecular complexity index is 1030. The molecule has 0 aliphatic carbocycles. The zero-order chi connectivity index (χ0) is 19.4. The van der Waals surface area contributed by atoms with Crippen LogP contribution in [0.25, 0.3) is 0 Å². The highest BCUT2D eigenvalue weighted by Gasteiger charge is 2.32. The van der Waals surface area contributed by atoms with Crippen molar-refractivity contribution in [1.82, 2.24) is 5.32 Å². The molecular weight excluding hydrogens is 376 g/mol. The van der Waals surface area contributed by atoms with Crippen LogP contribution in [0.3, 0.4) is 0 Å². The van der Waals surface area contributed by atoms with E-state index >= 15 is 0 Å². The number of nitrogens with one attached hydrogen (secondary N) is 1. The van der Waals surface area contributed by atoms with Crippen LogP contribution < -0.4 is 5.32 Å². The fraction of sp³-hybridized carbons (Fsp3) is 0.105. The molecule has 0 spiro atoms. The molecule has 0 aliphatic heterocycles. The minimum Gasteiger partial charge on any atom is -0.468 e. The van der Waals surface area contributed by atoms with Gasteiger partial charge in [0, 0.05) is 12.1 Å². The lowest BCUT2D eigenvalue weighted by Gasteiger charge is -2.17. The molecule has 27 heavy (non-hydrogen) atoms. The van der Waals surface area contributed by atoms with Gasteiger partial charge in [0.25, 0.3) is 5.91 Å². The van der Waals surface area contributed by atoms with Crippen LogP contribution >= 0.6 is 0 Å². The van der Waals surface area contributed by atoms with Crippen LogP contribution in [0.1, 0.15) is 21.4 Å². The molecular formula is C19H15F2NO4S. The van der Waals surface area contributed by atoms with Crippen molar-refractivity contribution in [1.29, 1.82) is 0 Å². The molecule has 0 aliphatic rings. The third-order valence-corrected chi connectivity index (χ3v) is 5.99. The molecule has 0 radical (unpaired) electrons. The molecule has 5 nitrogen and oxygen atoms in total. The van der Waals surface area contributed by atoms with E-state index in [9.17, 15) is 22.0 Å². The lowest BCUT2D eigenvalue weighted by molar-refractivity contribution is 0.0952. The van der Waals surface area contributed by atoms with Crippen LogP contribution in [0.15, 0.2) is 76.2 Å². The van der Waals surface area contributed by atoms with Gasteiger partial charge < -0.3 is 9.73 Å². The summed E-state index contributed by atoms with van der Waals surface area (Å²) in [6.07, 6.45) is 1.32. The number of furan rings is 1. The van der Waals surface area contributed by atoms with Crippen molar-refractivity contribution < 1.29 is 26.4 Å². The molecule has 0 saturated heterocycles. The van der Waals surface area contributed by atoms with E-state index in [1.54, 1.807) is 0 Å². The summed E-state index contributed by atoms with van der Waals surface area (Å²) in [7, 11) is -3.98. The van der Waals surface area contributed by atoms with Crippen LogP contribution in [0.5, 0.6) is 0 Å². The van der Waals surface area contributed by atoms with E-state index in [-0.39, 0.29) is 22.8 Å². The molecule has 8 heteroatoms. The molecule has 1 atom stereocenters. The van der Waals surface area contributed by atoms with E-state index < -0.39 is 32.6 Å². The normalized spacial score (nSPS) is 12.5. The Hall–Kier alpha value is -3.00. The first-order valence-electron chi connectivity index (χ1n) is 7.94. The maximum absolute atomic E-state index is 13.3. The Labute approximate surface area is 154 Å². The summed E-state index contributed by atoms with van der Waals surface area (Å²) in [4.78, 5) is 12.1. The van der Waals surface area contributed by atoms with E-state index in [1.165, 1.54) is 36.6 Å². The Kier molecular flexibility index (Phi) is 5.36. The van der Waals surface area contributed by atoms with E-state index in [0.29, 0.717) is 0 Å². The van der Waals surface area contributed by atoms with Gasteiger partial charge in [-0.15, -0.1) is 0 Å². The SMILES string of the molecule is O=C(NC[C@H](c1ccco1)S(=O)(=O)c1ccc(F)cc1)c1cccc(F)c1. The van der Waals surface area contributed by atoms with Crippen molar-refractivity contribution >= 4 is 15.7 Å².